The van der Waals surface area contributed by atoms with Gasteiger partial charge in [-0.15, -0.1) is 0 Å². The molecule has 0 spiro atoms. The van der Waals surface area contributed by atoms with Crippen molar-refractivity contribution >= 4 is 11.6 Å². The molecule has 2 aromatic rings. The fourth-order valence-electron chi connectivity index (χ4n) is 2.99. The number of carbonyl (C=O) groups excluding carboxylic acids is 1. The summed E-state index contributed by atoms with van der Waals surface area (Å²) in [6.45, 7) is 5.25. The highest BCUT2D eigenvalue weighted by molar-refractivity contribution is 5.88. The Bertz CT molecular complexity index is 983. The topological polar surface area (TPSA) is 120 Å². The number of nitrogens with zero attached hydrogens (tertiary/aromatic N) is 3. The Morgan fingerprint density at radius 2 is 1.59 bits per heavy atom. The molecular weight excluding hydrogens is 375 g/mol. The van der Waals surface area contributed by atoms with Crippen molar-refractivity contribution in [2.75, 3.05) is 0 Å². The van der Waals surface area contributed by atoms with Crippen molar-refractivity contribution in [3.05, 3.63) is 75.6 Å². The third-order valence-electron chi connectivity index (χ3n) is 4.28. The van der Waals surface area contributed by atoms with Crippen LogP contribution in [0.4, 0.5) is 10.1 Å². The van der Waals surface area contributed by atoms with Gasteiger partial charge in [-0.05, 0) is 56.2 Å². The number of halogens is 1. The standard InChI is InChI=1S/C21H19FN4O3/c1-20(2,3)25-19(27)18(14-4-8-16(22)9-5-14)21(12-23,13-24)15-6-10-17(11-7-15)26(28)29/h4-11,18H,1-3H3,(H,25,27). The van der Waals surface area contributed by atoms with E-state index in [0.717, 1.165) is 12.1 Å². The molecule has 1 atom stereocenters. The Hall–Kier alpha value is -3.78. The van der Waals surface area contributed by atoms with Gasteiger partial charge in [-0.3, -0.25) is 14.9 Å². The number of rotatable bonds is 5. The first-order valence-electron chi connectivity index (χ1n) is 8.69. The van der Waals surface area contributed by atoms with Gasteiger partial charge in [-0.25, -0.2) is 4.39 Å². The summed E-state index contributed by atoms with van der Waals surface area (Å²) in [4.78, 5) is 23.5. The summed E-state index contributed by atoms with van der Waals surface area (Å²) < 4.78 is 13.4. The van der Waals surface area contributed by atoms with Crippen LogP contribution < -0.4 is 5.32 Å². The predicted octanol–water partition coefficient (Wildman–Crippen LogP) is 3.72. The van der Waals surface area contributed by atoms with Gasteiger partial charge in [0.15, 0.2) is 5.41 Å². The molecule has 29 heavy (non-hydrogen) atoms. The average molecular weight is 394 g/mol. The molecule has 2 aromatic carbocycles. The zero-order chi connectivity index (χ0) is 21.8. The Kier molecular flexibility index (Phi) is 5.99. The summed E-state index contributed by atoms with van der Waals surface area (Å²) in [5.74, 6) is -2.41. The van der Waals surface area contributed by atoms with E-state index in [-0.39, 0.29) is 16.8 Å². The van der Waals surface area contributed by atoms with Gasteiger partial charge >= 0.3 is 0 Å². The monoisotopic (exact) mass is 394 g/mol. The molecule has 148 valence electrons. The van der Waals surface area contributed by atoms with Crippen LogP contribution in [0.1, 0.15) is 37.8 Å². The van der Waals surface area contributed by atoms with Crippen LogP contribution in [-0.2, 0) is 10.2 Å². The number of nitro groups is 1. The van der Waals surface area contributed by atoms with E-state index in [4.69, 9.17) is 0 Å². The second-order valence-electron chi connectivity index (χ2n) is 7.56. The van der Waals surface area contributed by atoms with Crippen LogP contribution in [-0.4, -0.2) is 16.4 Å². The van der Waals surface area contributed by atoms with Crippen LogP contribution in [0.25, 0.3) is 0 Å². The number of non-ortho nitro benzene ring substituents is 1. The summed E-state index contributed by atoms with van der Waals surface area (Å²) >= 11 is 0. The van der Waals surface area contributed by atoms with Gasteiger partial charge in [0.1, 0.15) is 5.82 Å². The zero-order valence-electron chi connectivity index (χ0n) is 16.1. The van der Waals surface area contributed by atoms with Crippen LogP contribution in [0.2, 0.25) is 0 Å². The molecule has 0 radical (unpaired) electrons. The zero-order valence-corrected chi connectivity index (χ0v) is 16.1. The number of amides is 1. The molecule has 2 rings (SSSR count). The lowest BCUT2D eigenvalue weighted by molar-refractivity contribution is -0.384. The molecule has 7 nitrogen and oxygen atoms in total. The summed E-state index contributed by atoms with van der Waals surface area (Å²) in [7, 11) is 0. The number of carbonyl (C=O) groups is 1. The van der Waals surface area contributed by atoms with Gasteiger partial charge in [0.25, 0.3) is 5.69 Å². The molecular formula is C21H19FN4O3. The van der Waals surface area contributed by atoms with Crippen molar-refractivity contribution in [2.45, 2.75) is 37.6 Å². The van der Waals surface area contributed by atoms with Crippen LogP contribution in [0.15, 0.2) is 48.5 Å². The molecule has 1 N–H and O–H groups in total. The molecule has 0 aliphatic rings. The second-order valence-corrected chi connectivity index (χ2v) is 7.56. The van der Waals surface area contributed by atoms with Crippen LogP contribution in [0.5, 0.6) is 0 Å². The van der Waals surface area contributed by atoms with Gasteiger partial charge in [-0.1, -0.05) is 12.1 Å². The first-order chi connectivity index (χ1) is 13.5. The van der Waals surface area contributed by atoms with Crippen LogP contribution >= 0.6 is 0 Å². The highest BCUT2D eigenvalue weighted by atomic mass is 19.1. The summed E-state index contributed by atoms with van der Waals surface area (Å²) in [5.41, 5.74) is -2.44. The highest BCUT2D eigenvalue weighted by Gasteiger charge is 2.47. The lowest BCUT2D eigenvalue weighted by atomic mass is 9.68. The molecule has 0 bridgehead atoms. The first-order valence-corrected chi connectivity index (χ1v) is 8.69. The molecule has 0 fully saturated rings. The number of nitriles is 2. The number of benzene rings is 2. The number of nitro benzene ring substituents is 1. The minimum atomic E-state index is -1.98. The maximum atomic E-state index is 13.4. The molecule has 0 aliphatic carbocycles. The first kappa shape index (κ1) is 21.5. The minimum Gasteiger partial charge on any atom is -0.351 e. The summed E-state index contributed by atoms with van der Waals surface area (Å²) in [5, 5.41) is 33.7. The molecule has 0 saturated carbocycles. The number of nitrogens with one attached hydrogen (secondary N) is 1. The summed E-state index contributed by atoms with van der Waals surface area (Å²) in [6.07, 6.45) is 0. The number of hydrogen-bond donors (Lipinski definition) is 1. The van der Waals surface area contributed by atoms with E-state index in [0.29, 0.717) is 0 Å². The van der Waals surface area contributed by atoms with Crippen molar-refractivity contribution in [1.29, 1.82) is 10.5 Å². The van der Waals surface area contributed by atoms with Crippen molar-refractivity contribution in [1.82, 2.24) is 5.32 Å². The fourth-order valence-corrected chi connectivity index (χ4v) is 2.99. The lowest BCUT2D eigenvalue weighted by Gasteiger charge is -2.32. The Morgan fingerprint density at radius 3 is 2.00 bits per heavy atom. The van der Waals surface area contributed by atoms with Gasteiger partial charge in [0, 0.05) is 17.7 Å². The second kappa shape index (κ2) is 8.07. The van der Waals surface area contributed by atoms with E-state index >= 15 is 0 Å². The van der Waals surface area contributed by atoms with Gasteiger partial charge in [0.05, 0.1) is 23.0 Å². The fraction of sp³-hybridized carbons (Fsp3) is 0.286. The van der Waals surface area contributed by atoms with E-state index in [1.165, 1.54) is 36.4 Å². The maximum Gasteiger partial charge on any atom is 0.269 e. The van der Waals surface area contributed by atoms with E-state index in [1.54, 1.807) is 20.8 Å². The molecule has 0 heterocycles. The van der Waals surface area contributed by atoms with Gasteiger partial charge < -0.3 is 5.32 Å². The molecule has 0 aliphatic heterocycles. The van der Waals surface area contributed by atoms with Crippen LogP contribution in [0, 0.1) is 38.6 Å². The lowest BCUT2D eigenvalue weighted by Crippen LogP contribution is -2.48. The molecule has 1 amide bonds. The normalized spacial score (nSPS) is 12.3. The van der Waals surface area contributed by atoms with E-state index < -0.39 is 33.5 Å². The molecule has 8 heteroatoms. The Balaban J connectivity index is 2.70. The highest BCUT2D eigenvalue weighted by Crippen LogP contribution is 2.40. The Labute approximate surface area is 167 Å². The van der Waals surface area contributed by atoms with Gasteiger partial charge in [-0.2, -0.15) is 10.5 Å². The smallest absolute Gasteiger partial charge is 0.269 e. The average Bonchev–Trinajstić information content (AvgIpc) is 2.66. The quantitative estimate of drug-likeness (QED) is 0.612. The van der Waals surface area contributed by atoms with Crippen molar-refractivity contribution in [2.24, 2.45) is 0 Å². The van der Waals surface area contributed by atoms with E-state index in [9.17, 15) is 29.8 Å². The largest absolute Gasteiger partial charge is 0.351 e. The van der Waals surface area contributed by atoms with Crippen molar-refractivity contribution < 1.29 is 14.1 Å². The van der Waals surface area contributed by atoms with Crippen molar-refractivity contribution in [3.8, 4) is 12.1 Å². The molecule has 0 aromatic heterocycles. The third kappa shape index (κ3) is 4.56. The van der Waals surface area contributed by atoms with Gasteiger partial charge in [0.2, 0.25) is 5.91 Å². The minimum absolute atomic E-state index is 0.131. The molecule has 0 saturated heterocycles. The third-order valence-corrected chi connectivity index (χ3v) is 4.28. The predicted molar refractivity (Wildman–Crippen MR) is 103 cm³/mol. The van der Waals surface area contributed by atoms with E-state index in [2.05, 4.69) is 5.32 Å². The van der Waals surface area contributed by atoms with Crippen LogP contribution in [0.3, 0.4) is 0 Å². The summed E-state index contributed by atoms with van der Waals surface area (Å²) in [6, 6.07) is 13.7. The van der Waals surface area contributed by atoms with Crippen molar-refractivity contribution in [3.63, 3.8) is 0 Å². The Morgan fingerprint density at radius 1 is 1.07 bits per heavy atom. The molecule has 1 unspecified atom stereocenters. The maximum absolute atomic E-state index is 13.4. The SMILES string of the molecule is CC(C)(C)NC(=O)C(c1ccc(F)cc1)C(C#N)(C#N)c1ccc([N+](=O)[O-])cc1. The number of hydrogen-bond acceptors (Lipinski definition) is 5. The van der Waals surface area contributed by atoms with E-state index in [1.807, 2.05) is 12.1 Å².